The van der Waals surface area contributed by atoms with Gasteiger partial charge in [-0.3, -0.25) is 9.69 Å². The second kappa shape index (κ2) is 7.60. The van der Waals surface area contributed by atoms with Crippen molar-refractivity contribution in [1.82, 2.24) is 4.98 Å². The van der Waals surface area contributed by atoms with E-state index in [2.05, 4.69) is 42.2 Å². The lowest BCUT2D eigenvalue weighted by Crippen LogP contribution is -2.44. The molecule has 1 saturated heterocycles. The van der Waals surface area contributed by atoms with Gasteiger partial charge in [-0.15, -0.1) is 0 Å². The summed E-state index contributed by atoms with van der Waals surface area (Å²) in [5.41, 5.74) is 5.05. The summed E-state index contributed by atoms with van der Waals surface area (Å²) in [5.74, 6) is -0.133. The zero-order chi connectivity index (χ0) is 22.3. The van der Waals surface area contributed by atoms with E-state index in [9.17, 15) is 4.79 Å². The highest BCUT2D eigenvalue weighted by Crippen LogP contribution is 2.37. The third-order valence-electron chi connectivity index (χ3n) is 5.61. The maximum atomic E-state index is 13.3. The fourth-order valence-electron chi connectivity index (χ4n) is 3.80. The fraction of sp³-hybridized carbons (Fsp3) is 0.200. The Bertz CT molecular complexity index is 1220. The van der Waals surface area contributed by atoms with E-state index in [-0.39, 0.29) is 5.91 Å². The highest BCUT2D eigenvalue weighted by atomic mass is 32.1. The van der Waals surface area contributed by atoms with E-state index in [4.69, 9.17) is 17.5 Å². The normalized spacial score (nSPS) is 15.3. The van der Waals surface area contributed by atoms with Gasteiger partial charge >= 0.3 is 0 Å². The van der Waals surface area contributed by atoms with Crippen LogP contribution in [-0.2, 0) is 4.79 Å². The van der Waals surface area contributed by atoms with Crippen LogP contribution in [0.25, 0.3) is 11.1 Å². The summed E-state index contributed by atoms with van der Waals surface area (Å²) in [6.45, 7) is 7.58. The van der Waals surface area contributed by atoms with Crippen molar-refractivity contribution in [3.05, 3.63) is 77.6 Å². The second-order valence-corrected chi connectivity index (χ2v) is 8.57. The lowest BCUT2D eigenvalue weighted by atomic mass is 10.0. The maximum absolute atomic E-state index is 13.3. The van der Waals surface area contributed by atoms with Crippen molar-refractivity contribution in [1.29, 1.82) is 5.26 Å². The van der Waals surface area contributed by atoms with Crippen LogP contribution < -0.4 is 9.80 Å². The van der Waals surface area contributed by atoms with Gasteiger partial charge in [0, 0.05) is 5.69 Å². The predicted molar refractivity (Wildman–Crippen MR) is 127 cm³/mol. The average molecular weight is 427 g/mol. The monoisotopic (exact) mass is 426 g/mol. The van der Waals surface area contributed by atoms with Crippen molar-refractivity contribution >= 4 is 34.6 Å². The molecule has 1 aromatic heterocycles. The number of hydrogen-bond acceptors (Lipinski definition) is 4. The minimum absolute atomic E-state index is 0.133. The number of nitrogens with zero attached hydrogens (tertiary/aromatic N) is 4. The summed E-state index contributed by atoms with van der Waals surface area (Å²) in [6.07, 6.45) is 1.52. The number of aromatic nitrogens is 1. The van der Waals surface area contributed by atoms with Gasteiger partial charge in [0.25, 0.3) is 5.91 Å². The molecule has 0 radical (unpaired) electrons. The van der Waals surface area contributed by atoms with Gasteiger partial charge in [0.1, 0.15) is 17.3 Å². The molecule has 0 N–H and O–H groups in total. The Hall–Kier alpha value is -3.56. The molecular formula is C25H22N4OS. The summed E-state index contributed by atoms with van der Waals surface area (Å²) in [5, 5.41) is 9.54. The summed E-state index contributed by atoms with van der Waals surface area (Å²) in [6, 6.07) is 20.3. The zero-order valence-corrected chi connectivity index (χ0v) is 18.7. The van der Waals surface area contributed by atoms with E-state index in [1.54, 1.807) is 13.0 Å². The Balaban J connectivity index is 1.69. The van der Waals surface area contributed by atoms with Gasteiger partial charge in [0.05, 0.1) is 11.9 Å². The van der Waals surface area contributed by atoms with Gasteiger partial charge in [0.15, 0.2) is 5.11 Å². The average Bonchev–Trinajstić information content (AvgIpc) is 2.92. The molecule has 2 aromatic carbocycles. The van der Waals surface area contributed by atoms with Gasteiger partial charge in [-0.2, -0.15) is 5.26 Å². The van der Waals surface area contributed by atoms with Crippen molar-refractivity contribution in [2.24, 2.45) is 0 Å². The van der Waals surface area contributed by atoms with Crippen LogP contribution in [0.1, 0.15) is 30.7 Å². The molecule has 154 valence electrons. The number of thiocarbonyl (C=S) groups is 1. The number of aryl methyl sites for hydroxylation is 2. The van der Waals surface area contributed by atoms with Crippen molar-refractivity contribution in [2.45, 2.75) is 33.2 Å². The predicted octanol–water partition coefficient (Wildman–Crippen LogP) is 5.15. The van der Waals surface area contributed by atoms with Gasteiger partial charge < -0.3 is 4.90 Å². The number of carbonyl (C=O) groups is 1. The number of pyridine rings is 1. The molecule has 1 fully saturated rings. The molecule has 1 aliphatic heterocycles. The third-order valence-corrected chi connectivity index (χ3v) is 5.97. The van der Waals surface area contributed by atoms with Crippen LogP contribution in [0.4, 0.5) is 11.4 Å². The van der Waals surface area contributed by atoms with E-state index in [0.717, 1.165) is 16.8 Å². The zero-order valence-electron chi connectivity index (χ0n) is 17.9. The molecule has 6 heteroatoms. The van der Waals surface area contributed by atoms with Crippen LogP contribution in [0, 0.1) is 25.2 Å². The van der Waals surface area contributed by atoms with E-state index in [0.29, 0.717) is 22.1 Å². The lowest BCUT2D eigenvalue weighted by Gasteiger charge is -2.29. The Morgan fingerprint density at radius 1 is 0.968 bits per heavy atom. The first-order chi connectivity index (χ1) is 14.7. The molecule has 1 amide bonds. The van der Waals surface area contributed by atoms with Crippen molar-refractivity contribution in [3.63, 3.8) is 0 Å². The minimum atomic E-state index is -0.857. The first kappa shape index (κ1) is 20.7. The molecule has 0 unspecified atom stereocenters. The molecule has 2 heterocycles. The minimum Gasteiger partial charge on any atom is -0.304 e. The van der Waals surface area contributed by atoms with Crippen LogP contribution in [0.3, 0.4) is 0 Å². The van der Waals surface area contributed by atoms with Crippen LogP contribution in [0.5, 0.6) is 0 Å². The first-order valence-corrected chi connectivity index (χ1v) is 10.4. The SMILES string of the molecule is Cc1ccc(-c2ccc(N3C(=S)N(c4cnc(C#N)c(C)c4)C(=O)C3(C)C)cc2)cc1. The second-order valence-electron chi connectivity index (χ2n) is 8.20. The molecule has 5 nitrogen and oxygen atoms in total. The smallest absolute Gasteiger partial charge is 0.259 e. The van der Waals surface area contributed by atoms with Gasteiger partial charge in [-0.25, -0.2) is 4.98 Å². The molecule has 1 aliphatic rings. The molecular weight excluding hydrogens is 404 g/mol. The summed E-state index contributed by atoms with van der Waals surface area (Å²) in [4.78, 5) is 20.9. The van der Waals surface area contributed by atoms with Crippen molar-refractivity contribution in [2.75, 3.05) is 9.80 Å². The Morgan fingerprint density at radius 2 is 1.55 bits per heavy atom. The number of hydrogen-bond donors (Lipinski definition) is 0. The van der Waals surface area contributed by atoms with E-state index >= 15 is 0 Å². The van der Waals surface area contributed by atoms with Gasteiger partial charge in [0.2, 0.25) is 0 Å². The maximum Gasteiger partial charge on any atom is 0.259 e. The van der Waals surface area contributed by atoms with Gasteiger partial charge in [-0.1, -0.05) is 42.0 Å². The molecule has 31 heavy (non-hydrogen) atoms. The topological polar surface area (TPSA) is 60.2 Å². The molecule has 0 bridgehead atoms. The summed E-state index contributed by atoms with van der Waals surface area (Å²) in [7, 11) is 0. The van der Waals surface area contributed by atoms with E-state index < -0.39 is 5.54 Å². The summed E-state index contributed by atoms with van der Waals surface area (Å²) < 4.78 is 0. The number of amides is 1. The molecule has 4 rings (SSSR count). The number of nitriles is 1. The van der Waals surface area contributed by atoms with E-state index in [1.165, 1.54) is 16.7 Å². The van der Waals surface area contributed by atoms with Crippen molar-refractivity contribution < 1.29 is 4.79 Å². The molecule has 0 spiro atoms. The van der Waals surface area contributed by atoms with Crippen molar-refractivity contribution in [3.8, 4) is 17.2 Å². The number of benzene rings is 2. The summed E-state index contributed by atoms with van der Waals surface area (Å²) >= 11 is 5.74. The molecule has 3 aromatic rings. The van der Waals surface area contributed by atoms with Crippen LogP contribution in [-0.4, -0.2) is 21.5 Å². The Morgan fingerprint density at radius 3 is 2.10 bits per heavy atom. The molecule has 0 atom stereocenters. The Labute approximate surface area is 187 Å². The quantitative estimate of drug-likeness (QED) is 0.542. The lowest BCUT2D eigenvalue weighted by molar-refractivity contribution is -0.120. The van der Waals surface area contributed by atoms with Crippen LogP contribution in [0.2, 0.25) is 0 Å². The molecule has 0 aliphatic carbocycles. The number of carbonyl (C=O) groups excluding carboxylic acids is 1. The highest BCUT2D eigenvalue weighted by molar-refractivity contribution is 7.81. The van der Waals surface area contributed by atoms with Gasteiger partial charge in [-0.05, 0) is 74.8 Å². The van der Waals surface area contributed by atoms with E-state index in [1.807, 2.05) is 43.0 Å². The number of rotatable bonds is 3. The first-order valence-electron chi connectivity index (χ1n) is 9.96. The largest absolute Gasteiger partial charge is 0.304 e. The Kier molecular flexibility index (Phi) is 5.08. The fourth-order valence-corrected chi connectivity index (χ4v) is 4.33. The third kappa shape index (κ3) is 3.47. The van der Waals surface area contributed by atoms with Crippen LogP contribution >= 0.6 is 12.2 Å². The van der Waals surface area contributed by atoms with Crippen LogP contribution in [0.15, 0.2) is 60.8 Å². The number of anilines is 2. The highest BCUT2D eigenvalue weighted by Gasteiger charge is 2.50. The molecule has 0 saturated carbocycles. The standard InChI is InChI=1S/C25H22N4OS/c1-16-5-7-18(8-6-16)19-9-11-20(12-10-19)29-24(31)28(23(30)25(29,3)4)21-13-17(2)22(14-26)27-15-21/h5-13,15H,1-4H3.